The quantitative estimate of drug-likeness (QED) is 0.598. The summed E-state index contributed by atoms with van der Waals surface area (Å²) in [4.78, 5) is 12.3. The Bertz CT molecular complexity index is 601. The average Bonchev–Trinajstić information content (AvgIpc) is 2.48. The van der Waals surface area contributed by atoms with Crippen LogP contribution >= 0.6 is 11.6 Å². The summed E-state index contributed by atoms with van der Waals surface area (Å²) in [5, 5.41) is 3.41. The van der Waals surface area contributed by atoms with Gasteiger partial charge in [-0.1, -0.05) is 41.9 Å². The van der Waals surface area contributed by atoms with Crippen LogP contribution in [-0.4, -0.2) is 5.91 Å². The normalized spacial score (nSPS) is 11.8. The Morgan fingerprint density at radius 1 is 1.20 bits per heavy atom. The van der Waals surface area contributed by atoms with Crippen LogP contribution in [0.5, 0.6) is 0 Å². The summed E-state index contributed by atoms with van der Waals surface area (Å²) >= 11 is 5.92. The van der Waals surface area contributed by atoms with Crippen molar-refractivity contribution in [2.24, 2.45) is 5.84 Å². The van der Waals surface area contributed by atoms with Crippen molar-refractivity contribution in [1.82, 2.24) is 5.32 Å². The van der Waals surface area contributed by atoms with Crippen molar-refractivity contribution in [3.05, 3.63) is 64.7 Å². The molecule has 0 fully saturated rings. The van der Waals surface area contributed by atoms with Gasteiger partial charge in [-0.3, -0.25) is 10.6 Å². The first-order chi connectivity index (χ1) is 9.61. The minimum atomic E-state index is -0.225. The van der Waals surface area contributed by atoms with Crippen molar-refractivity contribution >= 4 is 23.2 Å². The second kappa shape index (κ2) is 6.41. The summed E-state index contributed by atoms with van der Waals surface area (Å²) < 4.78 is 0. The van der Waals surface area contributed by atoms with Crippen LogP contribution in [0.15, 0.2) is 48.5 Å². The highest BCUT2D eigenvalue weighted by atomic mass is 35.5. The molecule has 4 N–H and O–H groups in total. The smallest absolute Gasteiger partial charge is 0.253 e. The third kappa shape index (κ3) is 3.29. The number of nitrogens with two attached hydrogens (primary N) is 1. The van der Waals surface area contributed by atoms with Crippen molar-refractivity contribution < 1.29 is 4.79 Å². The van der Waals surface area contributed by atoms with Crippen molar-refractivity contribution in [3.8, 4) is 0 Å². The van der Waals surface area contributed by atoms with E-state index in [1.807, 2.05) is 37.3 Å². The van der Waals surface area contributed by atoms with Crippen LogP contribution in [0.25, 0.3) is 0 Å². The molecule has 20 heavy (non-hydrogen) atoms. The van der Waals surface area contributed by atoms with E-state index in [0.717, 1.165) is 5.56 Å². The lowest BCUT2D eigenvalue weighted by molar-refractivity contribution is 0.0940. The first kappa shape index (κ1) is 14.4. The summed E-state index contributed by atoms with van der Waals surface area (Å²) in [7, 11) is 0. The lowest BCUT2D eigenvalue weighted by atomic mass is 10.1. The summed E-state index contributed by atoms with van der Waals surface area (Å²) in [5.74, 6) is 5.18. The van der Waals surface area contributed by atoms with E-state index in [4.69, 9.17) is 17.4 Å². The molecular weight excluding hydrogens is 274 g/mol. The predicted octanol–water partition coefficient (Wildman–Crippen LogP) is 3.12. The van der Waals surface area contributed by atoms with Crippen LogP contribution < -0.4 is 16.6 Å². The van der Waals surface area contributed by atoms with Gasteiger partial charge in [0.05, 0.1) is 17.3 Å². The molecule has 0 saturated carbocycles. The number of anilines is 1. The minimum absolute atomic E-state index is 0.103. The number of amides is 1. The Kier molecular flexibility index (Phi) is 4.61. The molecule has 104 valence electrons. The van der Waals surface area contributed by atoms with Gasteiger partial charge in [-0.05, 0) is 30.7 Å². The van der Waals surface area contributed by atoms with E-state index in [0.29, 0.717) is 16.3 Å². The number of benzene rings is 2. The van der Waals surface area contributed by atoms with Gasteiger partial charge in [0.1, 0.15) is 0 Å². The number of carbonyl (C=O) groups excluding carboxylic acids is 1. The molecule has 1 amide bonds. The fourth-order valence-electron chi connectivity index (χ4n) is 1.93. The number of hydrogen-bond acceptors (Lipinski definition) is 3. The van der Waals surface area contributed by atoms with E-state index in [1.54, 1.807) is 18.2 Å². The summed E-state index contributed by atoms with van der Waals surface area (Å²) in [5.41, 5.74) is 4.48. The average molecular weight is 290 g/mol. The maximum Gasteiger partial charge on any atom is 0.253 e. The maximum atomic E-state index is 12.3. The Balaban J connectivity index is 2.18. The third-order valence-corrected chi connectivity index (χ3v) is 3.26. The van der Waals surface area contributed by atoms with Gasteiger partial charge >= 0.3 is 0 Å². The fraction of sp³-hybridized carbons (Fsp3) is 0.133. The van der Waals surface area contributed by atoms with Gasteiger partial charge in [0.15, 0.2) is 0 Å². The van der Waals surface area contributed by atoms with E-state index < -0.39 is 0 Å². The Morgan fingerprint density at radius 2 is 1.90 bits per heavy atom. The van der Waals surface area contributed by atoms with Crippen LogP contribution in [0, 0.1) is 0 Å². The Labute approximate surface area is 122 Å². The highest BCUT2D eigenvalue weighted by Crippen LogP contribution is 2.21. The van der Waals surface area contributed by atoms with Gasteiger partial charge in [-0.15, -0.1) is 0 Å². The Morgan fingerprint density at radius 3 is 2.55 bits per heavy atom. The zero-order valence-corrected chi connectivity index (χ0v) is 11.8. The molecule has 0 radical (unpaired) electrons. The van der Waals surface area contributed by atoms with Gasteiger partial charge in [-0.25, -0.2) is 0 Å². The molecule has 1 unspecified atom stereocenters. The molecule has 0 saturated heterocycles. The fourth-order valence-corrected chi connectivity index (χ4v) is 2.10. The van der Waals surface area contributed by atoms with Crippen LogP contribution in [0.3, 0.4) is 0 Å². The van der Waals surface area contributed by atoms with Crippen LogP contribution in [0.1, 0.15) is 28.9 Å². The molecule has 0 aromatic heterocycles. The maximum absolute atomic E-state index is 12.3. The molecule has 0 aliphatic rings. The number of nitrogens with one attached hydrogen (secondary N) is 2. The zero-order valence-electron chi connectivity index (χ0n) is 11.1. The molecule has 2 rings (SSSR count). The third-order valence-electron chi connectivity index (χ3n) is 3.03. The van der Waals surface area contributed by atoms with E-state index in [2.05, 4.69) is 10.7 Å². The van der Waals surface area contributed by atoms with E-state index in [-0.39, 0.29) is 11.9 Å². The number of halogens is 1. The highest BCUT2D eigenvalue weighted by molar-refractivity contribution is 6.31. The molecule has 5 heteroatoms. The van der Waals surface area contributed by atoms with Gasteiger partial charge in [0.2, 0.25) is 0 Å². The summed E-state index contributed by atoms with van der Waals surface area (Å²) in [6.07, 6.45) is 0. The first-order valence-corrected chi connectivity index (χ1v) is 6.61. The number of hydrogen-bond donors (Lipinski definition) is 3. The number of hydrazine groups is 1. The van der Waals surface area contributed by atoms with E-state index in [9.17, 15) is 4.79 Å². The van der Waals surface area contributed by atoms with Crippen molar-refractivity contribution in [3.63, 3.8) is 0 Å². The predicted molar refractivity (Wildman–Crippen MR) is 81.6 cm³/mol. The zero-order chi connectivity index (χ0) is 14.5. The monoisotopic (exact) mass is 289 g/mol. The largest absolute Gasteiger partial charge is 0.345 e. The van der Waals surface area contributed by atoms with Crippen molar-refractivity contribution in [1.29, 1.82) is 0 Å². The van der Waals surface area contributed by atoms with E-state index in [1.165, 1.54) is 0 Å². The van der Waals surface area contributed by atoms with Crippen molar-refractivity contribution in [2.75, 3.05) is 5.43 Å². The van der Waals surface area contributed by atoms with Crippen LogP contribution in [0.2, 0.25) is 5.02 Å². The van der Waals surface area contributed by atoms with Gasteiger partial charge in [-0.2, -0.15) is 0 Å². The summed E-state index contributed by atoms with van der Waals surface area (Å²) in [6, 6.07) is 14.6. The van der Waals surface area contributed by atoms with Gasteiger partial charge in [0.25, 0.3) is 5.91 Å². The molecule has 1 atom stereocenters. The van der Waals surface area contributed by atoms with Gasteiger partial charge < -0.3 is 10.7 Å². The van der Waals surface area contributed by atoms with E-state index >= 15 is 0 Å². The lowest BCUT2D eigenvalue weighted by Gasteiger charge is -2.16. The number of rotatable bonds is 4. The van der Waals surface area contributed by atoms with Crippen LogP contribution in [0.4, 0.5) is 5.69 Å². The molecule has 4 nitrogen and oxygen atoms in total. The van der Waals surface area contributed by atoms with Crippen molar-refractivity contribution in [2.45, 2.75) is 13.0 Å². The second-order valence-corrected chi connectivity index (χ2v) is 4.88. The Hall–Kier alpha value is -2.04. The SMILES string of the molecule is CC(NC(=O)c1cc(Cl)ccc1NN)c1ccccc1. The number of carbonyl (C=O) groups is 1. The molecular formula is C15H16ClN3O. The van der Waals surface area contributed by atoms with Gasteiger partial charge in [0, 0.05) is 5.02 Å². The molecule has 0 heterocycles. The molecule has 2 aromatic carbocycles. The molecule has 0 spiro atoms. The second-order valence-electron chi connectivity index (χ2n) is 4.44. The molecule has 0 aliphatic heterocycles. The standard InChI is InChI=1S/C15H16ClN3O/c1-10(11-5-3-2-4-6-11)18-15(20)13-9-12(16)7-8-14(13)19-17/h2-10,19H,17H2,1H3,(H,18,20). The number of nitrogen functional groups attached to an aromatic ring is 1. The topological polar surface area (TPSA) is 67.2 Å². The molecule has 2 aromatic rings. The summed E-state index contributed by atoms with van der Waals surface area (Å²) in [6.45, 7) is 1.92. The lowest BCUT2D eigenvalue weighted by Crippen LogP contribution is -2.28. The minimum Gasteiger partial charge on any atom is -0.345 e. The molecule has 0 bridgehead atoms. The highest BCUT2D eigenvalue weighted by Gasteiger charge is 2.15. The molecule has 0 aliphatic carbocycles. The first-order valence-electron chi connectivity index (χ1n) is 6.24. The van der Waals surface area contributed by atoms with Crippen LogP contribution in [-0.2, 0) is 0 Å².